The van der Waals surface area contributed by atoms with E-state index in [2.05, 4.69) is 5.32 Å². The minimum atomic E-state index is -1.58. The molecule has 3 heterocycles. The number of nitrogens with zero attached hydrogens (tertiary/aromatic N) is 1. The van der Waals surface area contributed by atoms with Crippen molar-refractivity contribution in [2.24, 2.45) is 0 Å². The lowest BCUT2D eigenvalue weighted by atomic mass is 9.94. The fourth-order valence-electron chi connectivity index (χ4n) is 3.32. The summed E-state index contributed by atoms with van der Waals surface area (Å²) in [6, 6.07) is 0. The van der Waals surface area contributed by atoms with Gasteiger partial charge in [0.05, 0.1) is 19.8 Å². The average Bonchev–Trinajstić information content (AvgIpc) is 2.93. The Bertz CT molecular complexity index is 526. The van der Waals surface area contributed by atoms with Gasteiger partial charge in [0, 0.05) is 0 Å². The lowest BCUT2D eigenvalue weighted by Crippen LogP contribution is -2.67. The largest absolute Gasteiger partial charge is 0.394 e. The highest BCUT2D eigenvalue weighted by Crippen LogP contribution is 2.33. The number of ether oxygens (including phenoxy) is 2. The summed E-state index contributed by atoms with van der Waals surface area (Å²) in [6.45, 7) is -1.01. The highest BCUT2D eigenvalue weighted by atomic mass is 32.1. The summed E-state index contributed by atoms with van der Waals surface area (Å²) in [5, 5.41) is 71.7. The van der Waals surface area contributed by atoms with E-state index in [1.165, 1.54) is 4.90 Å². The Morgan fingerprint density at radius 2 is 1.76 bits per heavy atom. The molecule has 0 aromatic heterocycles. The first-order valence-corrected chi connectivity index (χ1v) is 8.20. The summed E-state index contributed by atoms with van der Waals surface area (Å²) in [6.07, 6.45) is -11.3. The van der Waals surface area contributed by atoms with Gasteiger partial charge in [-0.05, 0) is 12.2 Å². The van der Waals surface area contributed by atoms with E-state index in [4.69, 9.17) is 21.7 Å². The Morgan fingerprint density at radius 3 is 2.40 bits per heavy atom. The molecule has 3 aliphatic rings. The topological polar surface area (TPSA) is 175 Å². The first kappa shape index (κ1) is 19.1. The van der Waals surface area contributed by atoms with Crippen LogP contribution in [0.25, 0.3) is 0 Å². The van der Waals surface area contributed by atoms with E-state index in [9.17, 15) is 35.7 Å². The molecular weight excluding hydrogens is 360 g/mol. The lowest BCUT2D eigenvalue weighted by Gasteiger charge is -2.45. The summed E-state index contributed by atoms with van der Waals surface area (Å²) in [5.74, 6) is 0. The van der Waals surface area contributed by atoms with Gasteiger partial charge in [-0.25, -0.2) is 0 Å². The van der Waals surface area contributed by atoms with Crippen LogP contribution in [-0.4, -0.2) is 120 Å². The van der Waals surface area contributed by atoms with Crippen molar-refractivity contribution in [2.75, 3.05) is 19.8 Å². The van der Waals surface area contributed by atoms with E-state index < -0.39 is 61.3 Å². The van der Waals surface area contributed by atoms with Crippen LogP contribution in [0.1, 0.15) is 0 Å². The summed E-state index contributed by atoms with van der Waals surface area (Å²) < 4.78 is 10.9. The third-order valence-corrected chi connectivity index (χ3v) is 5.20. The monoisotopic (exact) mass is 382 g/mol. The Kier molecular flexibility index (Phi) is 5.20. The van der Waals surface area contributed by atoms with E-state index in [0.29, 0.717) is 0 Å². The standard InChI is InChI=1S/C13H22N2O9S/c16-1-5-7(19)8(20)9(21)11(24-5)15-3-13(14-12(15)25)10(22)6(18)4(17)2-23-13/h4-11,16-22H,1-3H2,(H,14,25)/t4-,5-,6-,7-,8+,9-,10+,11-,13-/m1/s1. The minimum Gasteiger partial charge on any atom is -0.394 e. The first-order chi connectivity index (χ1) is 11.7. The van der Waals surface area contributed by atoms with Gasteiger partial charge in [-0.1, -0.05) is 0 Å². The van der Waals surface area contributed by atoms with Crippen LogP contribution in [0.15, 0.2) is 0 Å². The molecule has 9 atom stereocenters. The van der Waals surface area contributed by atoms with Gasteiger partial charge in [0.15, 0.2) is 17.1 Å². The molecule has 0 unspecified atom stereocenters. The Labute approximate surface area is 148 Å². The second-order valence-electron chi connectivity index (χ2n) is 6.48. The quantitative estimate of drug-likeness (QED) is 0.213. The number of aliphatic hydroxyl groups is 7. The lowest BCUT2D eigenvalue weighted by molar-refractivity contribution is -0.266. The fraction of sp³-hybridized carbons (Fsp3) is 0.923. The summed E-state index contributed by atoms with van der Waals surface area (Å²) in [7, 11) is 0. The Hall–Kier alpha value is -0.670. The van der Waals surface area contributed by atoms with E-state index >= 15 is 0 Å². The van der Waals surface area contributed by atoms with Gasteiger partial charge in [0.1, 0.15) is 42.7 Å². The van der Waals surface area contributed by atoms with Crippen LogP contribution in [0.4, 0.5) is 0 Å². The zero-order chi connectivity index (χ0) is 18.5. The summed E-state index contributed by atoms with van der Waals surface area (Å²) in [4.78, 5) is 1.28. The summed E-state index contributed by atoms with van der Waals surface area (Å²) in [5.41, 5.74) is -1.53. The van der Waals surface area contributed by atoms with Crippen LogP contribution in [0.3, 0.4) is 0 Å². The van der Waals surface area contributed by atoms with E-state index in [-0.39, 0.29) is 18.3 Å². The zero-order valence-electron chi connectivity index (χ0n) is 13.0. The van der Waals surface area contributed by atoms with Gasteiger partial charge in [0.25, 0.3) is 0 Å². The normalized spacial score (nSPS) is 51.0. The smallest absolute Gasteiger partial charge is 0.187 e. The average molecular weight is 382 g/mol. The van der Waals surface area contributed by atoms with E-state index in [1.54, 1.807) is 0 Å². The first-order valence-electron chi connectivity index (χ1n) is 7.79. The van der Waals surface area contributed by atoms with Crippen LogP contribution in [0.2, 0.25) is 0 Å². The molecule has 0 radical (unpaired) electrons. The second-order valence-corrected chi connectivity index (χ2v) is 6.87. The highest BCUT2D eigenvalue weighted by Gasteiger charge is 2.58. The van der Waals surface area contributed by atoms with E-state index in [1.807, 2.05) is 0 Å². The van der Waals surface area contributed by atoms with Gasteiger partial charge < -0.3 is 55.4 Å². The predicted octanol–water partition coefficient (Wildman–Crippen LogP) is -5.21. The number of hydrogen-bond donors (Lipinski definition) is 8. The molecule has 0 bridgehead atoms. The third kappa shape index (κ3) is 3.02. The second kappa shape index (κ2) is 6.81. The number of hydrogen-bond acceptors (Lipinski definition) is 10. The molecule has 144 valence electrons. The molecule has 0 saturated carbocycles. The maximum absolute atomic E-state index is 10.3. The molecule has 1 spiro atoms. The Balaban J connectivity index is 1.81. The molecule has 25 heavy (non-hydrogen) atoms. The third-order valence-electron chi connectivity index (χ3n) is 4.87. The van der Waals surface area contributed by atoms with Crippen LogP contribution in [-0.2, 0) is 9.47 Å². The van der Waals surface area contributed by atoms with Crippen molar-refractivity contribution < 1.29 is 45.2 Å². The van der Waals surface area contributed by atoms with Crippen molar-refractivity contribution in [3.8, 4) is 0 Å². The molecule has 3 saturated heterocycles. The molecule has 3 aliphatic heterocycles. The van der Waals surface area contributed by atoms with E-state index in [0.717, 1.165) is 0 Å². The Morgan fingerprint density at radius 1 is 1.08 bits per heavy atom. The number of thiocarbonyl (C=S) groups is 1. The van der Waals surface area contributed by atoms with Gasteiger partial charge in [-0.2, -0.15) is 0 Å². The molecule has 11 nitrogen and oxygen atoms in total. The maximum atomic E-state index is 10.3. The number of rotatable bonds is 2. The molecular formula is C13H22N2O9S. The number of aliphatic hydroxyl groups excluding tert-OH is 7. The SMILES string of the molecule is OC[C@H]1O[C@@H](N2C[C@@]3(NC2=S)OC[C@@H](O)[C@@H](O)[C@@H]3O)[C@H](O)[C@@H](O)[C@@H]1O. The summed E-state index contributed by atoms with van der Waals surface area (Å²) >= 11 is 5.17. The molecule has 0 aliphatic carbocycles. The van der Waals surface area contributed by atoms with Crippen molar-refractivity contribution in [1.29, 1.82) is 0 Å². The zero-order valence-corrected chi connectivity index (χ0v) is 13.9. The molecule has 12 heteroatoms. The van der Waals surface area contributed by atoms with Gasteiger partial charge in [-0.15, -0.1) is 0 Å². The predicted molar refractivity (Wildman–Crippen MR) is 82.9 cm³/mol. The highest BCUT2D eigenvalue weighted by molar-refractivity contribution is 7.80. The van der Waals surface area contributed by atoms with Crippen LogP contribution < -0.4 is 5.32 Å². The fourth-order valence-corrected chi connectivity index (χ4v) is 3.66. The van der Waals surface area contributed by atoms with Crippen molar-refractivity contribution >= 4 is 17.3 Å². The van der Waals surface area contributed by atoms with Crippen LogP contribution in [0.5, 0.6) is 0 Å². The van der Waals surface area contributed by atoms with Crippen molar-refractivity contribution in [2.45, 2.75) is 54.7 Å². The maximum Gasteiger partial charge on any atom is 0.187 e. The van der Waals surface area contributed by atoms with Gasteiger partial charge >= 0.3 is 0 Å². The van der Waals surface area contributed by atoms with Crippen molar-refractivity contribution in [3.63, 3.8) is 0 Å². The molecule has 3 fully saturated rings. The molecule has 0 amide bonds. The van der Waals surface area contributed by atoms with Crippen LogP contribution >= 0.6 is 12.2 Å². The molecule has 8 N–H and O–H groups in total. The van der Waals surface area contributed by atoms with Crippen molar-refractivity contribution in [1.82, 2.24) is 10.2 Å². The van der Waals surface area contributed by atoms with Gasteiger partial charge in [-0.3, -0.25) is 0 Å². The molecule has 0 aromatic rings. The number of nitrogens with one attached hydrogen (secondary N) is 1. The van der Waals surface area contributed by atoms with Gasteiger partial charge in [0.2, 0.25) is 0 Å². The molecule has 3 rings (SSSR count). The van der Waals surface area contributed by atoms with Crippen LogP contribution in [0, 0.1) is 0 Å². The minimum absolute atomic E-state index is 0.00645. The van der Waals surface area contributed by atoms with Crippen molar-refractivity contribution in [3.05, 3.63) is 0 Å². The molecule has 0 aromatic carbocycles.